The molecule has 0 radical (unpaired) electrons. The van der Waals surface area contributed by atoms with Crippen molar-refractivity contribution < 1.29 is 8.76 Å². The van der Waals surface area contributed by atoms with Crippen LogP contribution in [0.1, 0.15) is 25.0 Å². The summed E-state index contributed by atoms with van der Waals surface area (Å²) in [6, 6.07) is 15.1. The summed E-state index contributed by atoms with van der Waals surface area (Å²) >= 11 is -2.32. The van der Waals surface area contributed by atoms with Gasteiger partial charge in [-0.3, -0.25) is 4.21 Å². The highest BCUT2D eigenvalue weighted by molar-refractivity contribution is 7.80. The van der Waals surface area contributed by atoms with Crippen molar-refractivity contribution in [2.45, 2.75) is 19.3 Å². The molecule has 0 aliphatic heterocycles. The summed E-state index contributed by atoms with van der Waals surface area (Å²) in [6.45, 7) is 4.18. The van der Waals surface area contributed by atoms with Crippen molar-refractivity contribution in [3.8, 4) is 0 Å². The van der Waals surface area contributed by atoms with E-state index in [0.29, 0.717) is 5.69 Å². The van der Waals surface area contributed by atoms with E-state index in [1.54, 1.807) is 6.07 Å². The van der Waals surface area contributed by atoms with Gasteiger partial charge in [0.15, 0.2) is 0 Å². The molecule has 0 aliphatic carbocycles. The normalized spacial score (nSPS) is 12.9. The third-order valence-electron chi connectivity index (χ3n) is 3.42. The smallest absolute Gasteiger partial charge is 0.0455 e. The van der Waals surface area contributed by atoms with Crippen LogP contribution < -0.4 is 10.5 Å². The first-order valence-corrected chi connectivity index (χ1v) is 7.29. The summed E-state index contributed by atoms with van der Waals surface area (Å²) in [6.07, 6.45) is 0. The van der Waals surface area contributed by atoms with Crippen molar-refractivity contribution in [1.82, 2.24) is 0 Å². The summed E-state index contributed by atoms with van der Waals surface area (Å²) in [5.74, 6) is 0. The van der Waals surface area contributed by atoms with Crippen LogP contribution in [0.25, 0.3) is 0 Å². The molecule has 2 aromatic carbocycles. The van der Waals surface area contributed by atoms with Gasteiger partial charge in [-0.15, -0.1) is 0 Å². The second kappa shape index (κ2) is 5.64. The topological polar surface area (TPSA) is 78.2 Å². The van der Waals surface area contributed by atoms with Gasteiger partial charge in [-0.05, 0) is 35.4 Å². The van der Waals surface area contributed by atoms with Crippen molar-refractivity contribution >= 4 is 22.6 Å². The first-order valence-electron chi connectivity index (χ1n) is 6.22. The van der Waals surface area contributed by atoms with Crippen LogP contribution in [-0.4, -0.2) is 8.76 Å². The fraction of sp³-hybridized carbons (Fsp3) is 0.200. The molecule has 0 saturated heterocycles. The van der Waals surface area contributed by atoms with Gasteiger partial charge in [0.2, 0.25) is 0 Å². The van der Waals surface area contributed by atoms with E-state index in [1.165, 1.54) is 0 Å². The Kier molecular flexibility index (Phi) is 4.11. The zero-order valence-electron chi connectivity index (χ0n) is 11.4. The lowest BCUT2D eigenvalue weighted by molar-refractivity contribution is 0.542. The number of nitrogen functional groups attached to an aromatic ring is 1. The van der Waals surface area contributed by atoms with Crippen LogP contribution in [0.3, 0.4) is 0 Å². The van der Waals surface area contributed by atoms with Gasteiger partial charge < -0.3 is 15.0 Å². The molecule has 0 spiro atoms. The Hall–Kier alpha value is -1.85. The number of nitrogens with one attached hydrogen (secondary N) is 1. The number of anilines is 2. The molecule has 106 valence electrons. The van der Waals surface area contributed by atoms with Crippen LogP contribution >= 0.6 is 0 Å². The molecule has 2 rings (SSSR count). The van der Waals surface area contributed by atoms with Crippen molar-refractivity contribution in [2.75, 3.05) is 10.5 Å². The molecule has 0 heterocycles. The van der Waals surface area contributed by atoms with Crippen molar-refractivity contribution in [2.24, 2.45) is 0 Å². The van der Waals surface area contributed by atoms with Crippen LogP contribution in [0.5, 0.6) is 0 Å². The maximum atomic E-state index is 10.7. The van der Waals surface area contributed by atoms with E-state index < -0.39 is 11.3 Å². The maximum absolute atomic E-state index is 10.7. The second-order valence-corrected chi connectivity index (χ2v) is 5.84. The largest absolute Gasteiger partial charge is 0.755 e. The minimum atomic E-state index is -2.32. The summed E-state index contributed by atoms with van der Waals surface area (Å²) in [7, 11) is 0. The summed E-state index contributed by atoms with van der Waals surface area (Å²) in [4.78, 5) is 0. The highest BCUT2D eigenvalue weighted by Crippen LogP contribution is 2.33. The fourth-order valence-corrected chi connectivity index (χ4v) is 2.45. The van der Waals surface area contributed by atoms with Gasteiger partial charge in [-0.25, -0.2) is 0 Å². The molecule has 0 aromatic heterocycles. The lowest BCUT2D eigenvalue weighted by atomic mass is 9.78. The molecular weight excluding hydrogens is 272 g/mol. The molecule has 0 bridgehead atoms. The predicted molar refractivity (Wildman–Crippen MR) is 82.0 cm³/mol. The molecule has 20 heavy (non-hydrogen) atoms. The second-order valence-electron chi connectivity index (χ2n) is 5.16. The quantitative estimate of drug-likeness (QED) is 0.671. The van der Waals surface area contributed by atoms with Gasteiger partial charge >= 0.3 is 0 Å². The van der Waals surface area contributed by atoms with Crippen molar-refractivity contribution in [3.63, 3.8) is 0 Å². The zero-order chi connectivity index (χ0) is 14.8. The average Bonchev–Trinajstić information content (AvgIpc) is 2.39. The number of benzene rings is 2. The average molecular weight is 289 g/mol. The molecule has 3 N–H and O–H groups in total. The van der Waals surface area contributed by atoms with E-state index in [4.69, 9.17) is 5.73 Å². The van der Waals surface area contributed by atoms with Crippen LogP contribution in [0.15, 0.2) is 48.5 Å². The Morgan fingerprint density at radius 3 is 2.35 bits per heavy atom. The summed E-state index contributed by atoms with van der Waals surface area (Å²) in [5.41, 5.74) is 8.89. The Bertz CT molecular complexity index is 624. The molecule has 1 unspecified atom stereocenters. The van der Waals surface area contributed by atoms with Gasteiger partial charge in [0, 0.05) is 28.1 Å². The molecular formula is C15H17N2O2S-. The van der Waals surface area contributed by atoms with Crippen molar-refractivity contribution in [3.05, 3.63) is 59.7 Å². The van der Waals surface area contributed by atoms with E-state index in [9.17, 15) is 8.76 Å². The van der Waals surface area contributed by atoms with Gasteiger partial charge in [0.25, 0.3) is 0 Å². The van der Waals surface area contributed by atoms with Gasteiger partial charge in [0.05, 0.1) is 0 Å². The molecule has 0 saturated carbocycles. The van der Waals surface area contributed by atoms with Crippen LogP contribution in [0, 0.1) is 0 Å². The lowest BCUT2D eigenvalue weighted by Crippen LogP contribution is -2.19. The molecule has 5 heteroatoms. The number of hydrogen-bond donors (Lipinski definition) is 2. The van der Waals surface area contributed by atoms with Gasteiger partial charge in [-0.2, -0.15) is 0 Å². The molecule has 0 aliphatic rings. The highest BCUT2D eigenvalue weighted by Gasteiger charge is 2.23. The molecule has 0 fully saturated rings. The molecule has 0 amide bonds. The van der Waals surface area contributed by atoms with E-state index in [0.717, 1.165) is 16.8 Å². The van der Waals surface area contributed by atoms with Crippen LogP contribution in [-0.2, 0) is 16.7 Å². The Balaban J connectivity index is 2.38. The predicted octanol–water partition coefficient (Wildman–Crippen LogP) is 2.80. The van der Waals surface area contributed by atoms with Crippen molar-refractivity contribution in [1.29, 1.82) is 0 Å². The maximum Gasteiger partial charge on any atom is 0.0455 e. The standard InChI is InChI=1S/C15H18N2O2S/c1-15(2,11-6-8-13(16)9-7-11)12-4-3-5-14(10-12)17-20(18)19/h3-10,17H,16H2,1-2H3,(H,18,19)/p-1. The minimum Gasteiger partial charge on any atom is -0.755 e. The first kappa shape index (κ1) is 14.6. The number of nitrogens with two attached hydrogens (primary N) is 1. The lowest BCUT2D eigenvalue weighted by Gasteiger charge is -2.27. The molecule has 2 aromatic rings. The first-order chi connectivity index (χ1) is 9.39. The Labute approximate surface area is 121 Å². The van der Waals surface area contributed by atoms with Crippen LogP contribution in [0.4, 0.5) is 11.4 Å². The highest BCUT2D eigenvalue weighted by atomic mass is 32.2. The Morgan fingerprint density at radius 2 is 1.75 bits per heavy atom. The van der Waals surface area contributed by atoms with E-state index in [2.05, 4.69) is 18.6 Å². The zero-order valence-corrected chi connectivity index (χ0v) is 12.2. The Morgan fingerprint density at radius 1 is 1.10 bits per heavy atom. The van der Waals surface area contributed by atoms with Gasteiger partial charge in [0.1, 0.15) is 0 Å². The third-order valence-corrected chi connectivity index (χ3v) is 3.82. The van der Waals surface area contributed by atoms with E-state index in [-0.39, 0.29) is 5.41 Å². The van der Waals surface area contributed by atoms with Crippen LogP contribution in [0.2, 0.25) is 0 Å². The molecule has 1 atom stereocenters. The van der Waals surface area contributed by atoms with Gasteiger partial charge in [-0.1, -0.05) is 38.1 Å². The summed E-state index contributed by atoms with van der Waals surface area (Å²) < 4.78 is 23.8. The fourth-order valence-electron chi connectivity index (χ4n) is 2.13. The van der Waals surface area contributed by atoms with E-state index >= 15 is 0 Å². The summed E-state index contributed by atoms with van der Waals surface area (Å²) in [5, 5.41) is 0. The minimum absolute atomic E-state index is 0.240. The monoisotopic (exact) mass is 289 g/mol. The number of rotatable bonds is 4. The number of hydrogen-bond acceptors (Lipinski definition) is 3. The molecule has 4 nitrogen and oxygen atoms in total. The SMILES string of the molecule is CC(C)(c1ccc(N)cc1)c1cccc(NS(=O)[O-])c1. The van der Waals surface area contributed by atoms with E-state index in [1.807, 2.05) is 42.5 Å². The third kappa shape index (κ3) is 3.18.